The number of aromatic nitrogens is 1. The van der Waals surface area contributed by atoms with Crippen molar-refractivity contribution in [3.8, 4) is 0 Å². The fourth-order valence-electron chi connectivity index (χ4n) is 4.09. The fourth-order valence-corrected chi connectivity index (χ4v) is 4.49. The first-order valence-corrected chi connectivity index (χ1v) is 11.2. The molecular formula is C24H27BrN4O. The Labute approximate surface area is 186 Å². The standard InChI is InChI=1S/C24H27BrN4O/c1-29(2)22-15-23(28-21-9-4-3-8-20(21)22)26-18-10-12-19(13-11-18)27-24(30)16-6-5-7-17(25)14-16/h3-9,14-15,18-19H,10-13H2,1-2H3,(H,26,28)(H,27,30)/t18-,19+. The molecule has 1 aromatic heterocycles. The van der Waals surface area contributed by atoms with E-state index >= 15 is 0 Å². The topological polar surface area (TPSA) is 57.3 Å². The van der Waals surface area contributed by atoms with Crippen molar-refractivity contribution in [2.24, 2.45) is 0 Å². The minimum atomic E-state index is -0.000435. The number of amides is 1. The SMILES string of the molecule is CN(C)c1cc(N[C@H]2CC[C@@H](NC(=O)c3cccc(Br)c3)CC2)nc2ccccc12. The molecule has 0 radical (unpaired) electrons. The van der Waals surface area contributed by atoms with Crippen molar-refractivity contribution in [3.63, 3.8) is 0 Å². The number of anilines is 2. The van der Waals surface area contributed by atoms with Gasteiger partial charge >= 0.3 is 0 Å². The van der Waals surface area contributed by atoms with Crippen LogP contribution < -0.4 is 15.5 Å². The Bertz CT molecular complexity index is 1040. The first-order valence-electron chi connectivity index (χ1n) is 10.4. The normalized spacial score (nSPS) is 18.8. The lowest BCUT2D eigenvalue weighted by molar-refractivity contribution is 0.0926. The highest BCUT2D eigenvalue weighted by molar-refractivity contribution is 9.10. The zero-order valence-corrected chi connectivity index (χ0v) is 18.9. The second kappa shape index (κ2) is 9.04. The van der Waals surface area contributed by atoms with Crippen molar-refractivity contribution in [2.45, 2.75) is 37.8 Å². The van der Waals surface area contributed by atoms with E-state index in [-0.39, 0.29) is 11.9 Å². The van der Waals surface area contributed by atoms with E-state index in [0.717, 1.165) is 52.6 Å². The zero-order chi connectivity index (χ0) is 21.1. The van der Waals surface area contributed by atoms with Gasteiger partial charge in [-0.1, -0.05) is 40.2 Å². The Morgan fingerprint density at radius 1 is 1.00 bits per heavy atom. The second-order valence-electron chi connectivity index (χ2n) is 8.11. The summed E-state index contributed by atoms with van der Waals surface area (Å²) in [5.74, 6) is 0.915. The summed E-state index contributed by atoms with van der Waals surface area (Å²) >= 11 is 3.43. The molecule has 1 fully saturated rings. The number of carbonyl (C=O) groups is 1. The van der Waals surface area contributed by atoms with Crippen molar-refractivity contribution >= 4 is 44.2 Å². The van der Waals surface area contributed by atoms with Crippen molar-refractivity contribution < 1.29 is 4.79 Å². The van der Waals surface area contributed by atoms with Crippen molar-refractivity contribution in [3.05, 3.63) is 64.6 Å². The molecule has 3 aromatic rings. The van der Waals surface area contributed by atoms with Gasteiger partial charge in [-0.25, -0.2) is 4.98 Å². The zero-order valence-electron chi connectivity index (χ0n) is 17.4. The third kappa shape index (κ3) is 4.75. The molecule has 1 aliphatic rings. The number of benzene rings is 2. The number of nitrogens with one attached hydrogen (secondary N) is 2. The highest BCUT2D eigenvalue weighted by Crippen LogP contribution is 2.29. The molecule has 30 heavy (non-hydrogen) atoms. The first-order chi connectivity index (χ1) is 14.5. The summed E-state index contributed by atoms with van der Waals surface area (Å²) in [7, 11) is 4.12. The van der Waals surface area contributed by atoms with E-state index in [4.69, 9.17) is 4.98 Å². The molecule has 2 aromatic carbocycles. The summed E-state index contributed by atoms with van der Waals surface area (Å²) in [5.41, 5.74) is 2.86. The number of hydrogen-bond donors (Lipinski definition) is 2. The highest BCUT2D eigenvalue weighted by Gasteiger charge is 2.23. The molecule has 0 aliphatic heterocycles. The molecule has 0 spiro atoms. The first kappa shape index (κ1) is 20.7. The fraction of sp³-hybridized carbons (Fsp3) is 0.333. The summed E-state index contributed by atoms with van der Waals surface area (Å²) in [6, 6.07) is 18.5. The van der Waals surface area contributed by atoms with Crippen LogP contribution in [0.4, 0.5) is 11.5 Å². The summed E-state index contributed by atoms with van der Waals surface area (Å²) < 4.78 is 0.919. The Kier molecular flexibility index (Phi) is 6.23. The van der Waals surface area contributed by atoms with Crippen LogP contribution >= 0.6 is 15.9 Å². The monoisotopic (exact) mass is 466 g/mol. The lowest BCUT2D eigenvalue weighted by atomic mass is 9.91. The molecule has 156 valence electrons. The third-order valence-electron chi connectivity index (χ3n) is 5.68. The van der Waals surface area contributed by atoms with Crippen LogP contribution in [0, 0.1) is 0 Å². The van der Waals surface area contributed by atoms with Crippen LogP contribution in [0.25, 0.3) is 10.9 Å². The number of rotatable bonds is 5. The number of para-hydroxylation sites is 1. The van der Waals surface area contributed by atoms with E-state index < -0.39 is 0 Å². The molecule has 2 N–H and O–H groups in total. The molecule has 4 rings (SSSR count). The van der Waals surface area contributed by atoms with Gasteiger partial charge in [0.05, 0.1) is 5.52 Å². The van der Waals surface area contributed by atoms with Gasteiger partial charge in [0, 0.05) is 53.4 Å². The minimum Gasteiger partial charge on any atom is -0.377 e. The maximum Gasteiger partial charge on any atom is 0.251 e. The molecule has 6 heteroatoms. The summed E-state index contributed by atoms with van der Waals surface area (Å²) in [6.45, 7) is 0. The lowest BCUT2D eigenvalue weighted by Gasteiger charge is -2.30. The summed E-state index contributed by atoms with van der Waals surface area (Å²) in [5, 5.41) is 7.97. The van der Waals surface area contributed by atoms with E-state index in [2.05, 4.69) is 63.8 Å². The lowest BCUT2D eigenvalue weighted by Crippen LogP contribution is -2.40. The molecular weight excluding hydrogens is 440 g/mol. The molecule has 1 aliphatic carbocycles. The number of fused-ring (bicyclic) bond motifs is 1. The quantitative estimate of drug-likeness (QED) is 0.541. The van der Waals surface area contributed by atoms with Gasteiger partial charge in [0.2, 0.25) is 0 Å². The van der Waals surface area contributed by atoms with E-state index in [1.165, 1.54) is 0 Å². The van der Waals surface area contributed by atoms with Crippen LogP contribution in [-0.4, -0.2) is 37.1 Å². The van der Waals surface area contributed by atoms with Gasteiger partial charge in [0.25, 0.3) is 5.91 Å². The number of pyridine rings is 1. The Hall–Kier alpha value is -2.60. The van der Waals surface area contributed by atoms with E-state index in [1.807, 2.05) is 36.4 Å². The Morgan fingerprint density at radius 2 is 1.73 bits per heavy atom. The number of hydrogen-bond acceptors (Lipinski definition) is 4. The van der Waals surface area contributed by atoms with Gasteiger partial charge in [-0.05, 0) is 49.9 Å². The average molecular weight is 467 g/mol. The minimum absolute atomic E-state index is 0.000435. The molecule has 0 atom stereocenters. The maximum absolute atomic E-state index is 12.5. The number of halogens is 1. The van der Waals surface area contributed by atoms with Crippen LogP contribution in [0.5, 0.6) is 0 Å². The molecule has 1 saturated carbocycles. The molecule has 0 saturated heterocycles. The van der Waals surface area contributed by atoms with Gasteiger partial charge in [-0.15, -0.1) is 0 Å². The van der Waals surface area contributed by atoms with E-state index in [1.54, 1.807) is 0 Å². The number of carbonyl (C=O) groups excluding carboxylic acids is 1. The highest BCUT2D eigenvalue weighted by atomic mass is 79.9. The number of nitrogens with zero attached hydrogens (tertiary/aromatic N) is 2. The van der Waals surface area contributed by atoms with Crippen molar-refractivity contribution in [2.75, 3.05) is 24.3 Å². The van der Waals surface area contributed by atoms with Crippen molar-refractivity contribution in [1.82, 2.24) is 10.3 Å². The van der Waals surface area contributed by atoms with E-state index in [0.29, 0.717) is 11.6 Å². The van der Waals surface area contributed by atoms with Gasteiger partial charge in [0.1, 0.15) is 5.82 Å². The Balaban J connectivity index is 1.37. The predicted octanol–water partition coefficient (Wildman–Crippen LogP) is 5.22. The third-order valence-corrected chi connectivity index (χ3v) is 6.17. The van der Waals surface area contributed by atoms with Crippen LogP contribution in [-0.2, 0) is 0 Å². The van der Waals surface area contributed by atoms with Gasteiger partial charge in [0.15, 0.2) is 0 Å². The van der Waals surface area contributed by atoms with Crippen molar-refractivity contribution in [1.29, 1.82) is 0 Å². The largest absolute Gasteiger partial charge is 0.377 e. The Morgan fingerprint density at radius 3 is 2.47 bits per heavy atom. The average Bonchev–Trinajstić information content (AvgIpc) is 2.74. The van der Waals surface area contributed by atoms with Crippen LogP contribution in [0.2, 0.25) is 0 Å². The van der Waals surface area contributed by atoms with Gasteiger partial charge in [-0.3, -0.25) is 4.79 Å². The second-order valence-corrected chi connectivity index (χ2v) is 9.03. The molecule has 1 amide bonds. The summed E-state index contributed by atoms with van der Waals surface area (Å²) in [6.07, 6.45) is 3.95. The van der Waals surface area contributed by atoms with Crippen LogP contribution in [0.15, 0.2) is 59.1 Å². The smallest absolute Gasteiger partial charge is 0.251 e. The molecule has 1 heterocycles. The molecule has 0 unspecified atom stereocenters. The predicted molar refractivity (Wildman–Crippen MR) is 127 cm³/mol. The van der Waals surface area contributed by atoms with Crippen LogP contribution in [0.3, 0.4) is 0 Å². The van der Waals surface area contributed by atoms with Gasteiger partial charge in [-0.2, -0.15) is 0 Å². The molecule has 0 bridgehead atoms. The summed E-state index contributed by atoms with van der Waals surface area (Å²) in [4.78, 5) is 19.4. The van der Waals surface area contributed by atoms with Gasteiger partial charge < -0.3 is 15.5 Å². The maximum atomic E-state index is 12.5. The van der Waals surface area contributed by atoms with E-state index in [9.17, 15) is 4.79 Å². The molecule has 5 nitrogen and oxygen atoms in total. The van der Waals surface area contributed by atoms with Crippen LogP contribution in [0.1, 0.15) is 36.0 Å².